The molecule has 0 aromatic rings. The first-order chi connectivity index (χ1) is 6.78. The molecule has 3 rings (SSSR count). The lowest BCUT2D eigenvalue weighted by Gasteiger charge is -2.41. The largest absolute Gasteiger partial charge is 0.335 e. The Bertz CT molecular complexity index is 183. The number of nitrogens with zero attached hydrogens (tertiary/aromatic N) is 2. The molecule has 0 N–H and O–H groups in total. The predicted octanol–water partition coefficient (Wildman–Crippen LogP) is -1.72. The van der Waals surface area contributed by atoms with Crippen LogP contribution in [0, 0.1) is 0 Å². The Morgan fingerprint density at radius 3 is 0.786 bits per heavy atom. The second kappa shape index (κ2) is 9.13. The normalized spacial score (nSPS) is 27.4. The molecular weight excluding hydrogens is 228 g/mol. The van der Waals surface area contributed by atoms with Crippen molar-refractivity contribution in [2.75, 3.05) is 39.3 Å². The second-order valence-electron chi connectivity index (χ2n) is 2.82. The topological polar surface area (TPSA) is 74.8 Å². The fraction of sp³-hybridized carbons (Fsp3) is 1.00. The summed E-state index contributed by atoms with van der Waals surface area (Å²) in [6.07, 6.45) is 0. The van der Waals surface area contributed by atoms with Gasteiger partial charge in [-0.25, -0.2) is 0 Å². The molecule has 0 amide bonds. The molecule has 3 aliphatic rings. The van der Waals surface area contributed by atoms with Crippen LogP contribution in [-0.4, -0.2) is 65.9 Å². The Hall–Kier alpha value is -0.440. The zero-order valence-electron chi connectivity index (χ0n) is 7.59. The summed E-state index contributed by atoms with van der Waals surface area (Å²) in [6.45, 7) is 7.92. The number of hydrogen-bond acceptors (Lipinski definition) is 6. The van der Waals surface area contributed by atoms with Crippen molar-refractivity contribution in [2.45, 2.75) is 0 Å². The van der Waals surface area contributed by atoms with E-state index in [9.17, 15) is 0 Å². The van der Waals surface area contributed by atoms with E-state index in [-0.39, 0.29) is 0 Å². The third-order valence-electron chi connectivity index (χ3n) is 2.20. The van der Waals surface area contributed by atoms with Crippen LogP contribution >= 0.6 is 0 Å². The van der Waals surface area contributed by atoms with E-state index in [0.717, 1.165) is 0 Å². The molecule has 0 aromatic heterocycles. The van der Waals surface area contributed by atoms with Crippen LogP contribution in [0.3, 0.4) is 0 Å². The van der Waals surface area contributed by atoms with Crippen LogP contribution in [0.4, 0.5) is 0 Å². The fourth-order valence-electron chi connectivity index (χ4n) is 1.52. The van der Waals surface area contributed by atoms with Crippen LogP contribution in [0.5, 0.6) is 0 Å². The summed E-state index contributed by atoms with van der Waals surface area (Å²) in [5.41, 5.74) is 0. The van der Waals surface area contributed by atoms with Gasteiger partial charge in [-0.15, -0.1) is 0 Å². The lowest BCUT2D eigenvalue weighted by Crippen LogP contribution is -2.55. The number of fused-ring (bicyclic) bond motifs is 3. The van der Waals surface area contributed by atoms with Gasteiger partial charge in [0.2, 0.25) is 0 Å². The Kier molecular flexibility index (Phi) is 8.84. The average molecular weight is 240 g/mol. The summed E-state index contributed by atoms with van der Waals surface area (Å²) in [5, 5.41) is 0. The van der Waals surface area contributed by atoms with Gasteiger partial charge in [0, 0.05) is 39.3 Å². The molecule has 3 aliphatic heterocycles. The molecule has 0 aliphatic carbocycles. The number of hydrogen-bond donors (Lipinski definition) is 0. The van der Waals surface area contributed by atoms with Crippen LogP contribution < -0.4 is 0 Å². The van der Waals surface area contributed by atoms with Gasteiger partial charge in [0.05, 0.1) is 0 Å². The van der Waals surface area contributed by atoms with Crippen molar-refractivity contribution >= 4 is 23.1 Å². The van der Waals surface area contributed by atoms with Crippen molar-refractivity contribution < 1.29 is 16.8 Å². The molecule has 14 heavy (non-hydrogen) atoms. The molecule has 6 nitrogen and oxygen atoms in total. The van der Waals surface area contributed by atoms with Gasteiger partial charge in [-0.1, -0.05) is 0 Å². The first-order valence-corrected chi connectivity index (χ1v) is 5.40. The van der Waals surface area contributed by atoms with Crippen molar-refractivity contribution in [1.29, 1.82) is 0 Å². The third-order valence-corrected chi connectivity index (χ3v) is 2.20. The Labute approximate surface area is 89.5 Å². The molecule has 3 fully saturated rings. The standard InChI is InChI=1S/C6H12N2.2O2S/c1-2-8-5-3-7(1)4-6-8;2*1-3-2/h1-6H2;;. The summed E-state index contributed by atoms with van der Waals surface area (Å²) < 4.78 is 33.2. The van der Waals surface area contributed by atoms with Gasteiger partial charge in [-0.05, 0) is 0 Å². The molecule has 3 saturated heterocycles. The minimum atomic E-state index is -0.750. The molecule has 0 saturated carbocycles. The maximum absolute atomic E-state index is 8.29. The van der Waals surface area contributed by atoms with Crippen molar-refractivity contribution in [3.63, 3.8) is 0 Å². The highest BCUT2D eigenvalue weighted by Crippen LogP contribution is 2.06. The molecular formula is C6H12N2O4S2. The SMILES string of the molecule is C1CN2CCN1CC2.O=S=O.O=S=O. The van der Waals surface area contributed by atoms with Gasteiger partial charge >= 0.3 is 23.1 Å². The minimum absolute atomic E-state index is 0.750. The van der Waals surface area contributed by atoms with Crippen LogP contribution in [0.2, 0.25) is 0 Å². The van der Waals surface area contributed by atoms with E-state index in [4.69, 9.17) is 16.8 Å². The zero-order chi connectivity index (χ0) is 10.8. The van der Waals surface area contributed by atoms with E-state index in [2.05, 4.69) is 9.80 Å². The van der Waals surface area contributed by atoms with Crippen LogP contribution in [0.25, 0.3) is 0 Å². The average Bonchev–Trinajstić information content (AvgIpc) is 2.23. The van der Waals surface area contributed by atoms with Gasteiger partial charge in [0.25, 0.3) is 0 Å². The number of piperazine rings is 3. The quantitative estimate of drug-likeness (QED) is 0.501. The maximum atomic E-state index is 8.29. The summed E-state index contributed by atoms with van der Waals surface area (Å²) in [6, 6.07) is 0. The second-order valence-corrected chi connectivity index (χ2v) is 3.09. The van der Waals surface area contributed by atoms with E-state index in [1.807, 2.05) is 0 Å². The fourth-order valence-corrected chi connectivity index (χ4v) is 1.52. The Balaban J connectivity index is 0.000000242. The molecule has 0 radical (unpaired) electrons. The molecule has 0 unspecified atom stereocenters. The van der Waals surface area contributed by atoms with Crippen molar-refractivity contribution in [3.05, 3.63) is 0 Å². The van der Waals surface area contributed by atoms with E-state index in [1.54, 1.807) is 0 Å². The van der Waals surface area contributed by atoms with Gasteiger partial charge < -0.3 is 0 Å². The lowest BCUT2D eigenvalue weighted by atomic mass is 10.2. The van der Waals surface area contributed by atoms with E-state index in [0.29, 0.717) is 0 Å². The van der Waals surface area contributed by atoms with Crippen LogP contribution in [0.1, 0.15) is 0 Å². The molecule has 0 atom stereocenters. The molecule has 82 valence electrons. The molecule has 0 spiro atoms. The molecule has 0 aromatic carbocycles. The van der Waals surface area contributed by atoms with Crippen molar-refractivity contribution in [3.8, 4) is 0 Å². The van der Waals surface area contributed by atoms with Crippen molar-refractivity contribution in [1.82, 2.24) is 9.80 Å². The highest BCUT2D eigenvalue weighted by Gasteiger charge is 2.21. The highest BCUT2D eigenvalue weighted by molar-refractivity contribution is 7.51. The Morgan fingerprint density at radius 1 is 0.571 bits per heavy atom. The number of rotatable bonds is 0. The monoisotopic (exact) mass is 240 g/mol. The first-order valence-electron chi connectivity index (χ1n) is 4.06. The van der Waals surface area contributed by atoms with E-state index >= 15 is 0 Å². The summed E-state index contributed by atoms with van der Waals surface area (Å²) in [4.78, 5) is 5.08. The smallest absolute Gasteiger partial charge is 0.300 e. The van der Waals surface area contributed by atoms with E-state index in [1.165, 1.54) is 39.3 Å². The van der Waals surface area contributed by atoms with E-state index < -0.39 is 23.1 Å². The highest BCUT2D eigenvalue weighted by atomic mass is 32.1. The molecule has 3 heterocycles. The van der Waals surface area contributed by atoms with Gasteiger partial charge in [0.15, 0.2) is 0 Å². The summed E-state index contributed by atoms with van der Waals surface area (Å²) >= 11 is -1.50. The molecule has 8 heteroatoms. The first kappa shape index (κ1) is 13.6. The summed E-state index contributed by atoms with van der Waals surface area (Å²) in [5.74, 6) is 0. The summed E-state index contributed by atoms with van der Waals surface area (Å²) in [7, 11) is 0. The predicted molar refractivity (Wildman–Crippen MR) is 50.7 cm³/mol. The minimum Gasteiger partial charge on any atom is -0.300 e. The lowest BCUT2D eigenvalue weighted by molar-refractivity contribution is 0.0647. The van der Waals surface area contributed by atoms with Gasteiger partial charge in [-0.2, -0.15) is 16.8 Å². The van der Waals surface area contributed by atoms with Crippen LogP contribution in [0.15, 0.2) is 0 Å². The van der Waals surface area contributed by atoms with Crippen LogP contribution in [-0.2, 0) is 23.1 Å². The zero-order valence-corrected chi connectivity index (χ0v) is 9.22. The van der Waals surface area contributed by atoms with Gasteiger partial charge in [-0.3, -0.25) is 9.80 Å². The van der Waals surface area contributed by atoms with Crippen molar-refractivity contribution in [2.24, 2.45) is 0 Å². The third kappa shape index (κ3) is 6.08. The Morgan fingerprint density at radius 2 is 0.714 bits per heavy atom. The molecule has 2 bridgehead atoms. The van der Waals surface area contributed by atoms with Gasteiger partial charge in [0.1, 0.15) is 0 Å². The maximum Gasteiger partial charge on any atom is 0.335 e.